The van der Waals surface area contributed by atoms with Crippen molar-refractivity contribution in [1.82, 2.24) is 24.6 Å². The molecule has 2 amide bonds. The van der Waals surface area contributed by atoms with Crippen molar-refractivity contribution in [3.63, 3.8) is 0 Å². The van der Waals surface area contributed by atoms with Gasteiger partial charge in [-0.25, -0.2) is 9.67 Å². The first-order valence-electron chi connectivity index (χ1n) is 12.8. The van der Waals surface area contributed by atoms with Gasteiger partial charge < -0.3 is 9.80 Å². The van der Waals surface area contributed by atoms with Crippen molar-refractivity contribution in [2.24, 2.45) is 23.2 Å². The second kappa shape index (κ2) is 7.54. The number of aromatic nitrogens is 3. The first kappa shape index (κ1) is 21.1. The summed E-state index contributed by atoms with van der Waals surface area (Å²) in [6, 6.07) is 2.15. The summed E-state index contributed by atoms with van der Waals surface area (Å²) in [5.41, 5.74) is 2.11. The van der Waals surface area contributed by atoms with E-state index in [2.05, 4.69) is 23.8 Å². The zero-order valence-electron chi connectivity index (χ0n) is 20.1. The molecular weight excluding hydrogens is 414 g/mol. The van der Waals surface area contributed by atoms with Crippen molar-refractivity contribution in [3.05, 3.63) is 23.5 Å². The van der Waals surface area contributed by atoms with Crippen LogP contribution in [-0.4, -0.2) is 62.6 Å². The summed E-state index contributed by atoms with van der Waals surface area (Å²) in [5, 5.41) is 5.34. The van der Waals surface area contributed by atoms with Crippen molar-refractivity contribution in [1.29, 1.82) is 0 Å². The molecule has 3 heterocycles. The molecule has 7 nitrogen and oxygen atoms in total. The number of hydrogen-bond acceptors (Lipinski definition) is 4. The SMILES string of the molecule is Cc1nc2c(cnn2C(C)C)cc1C(=O)N1CCN(C(=O)C23CC4CC(CC(C4)C2)C3)CC1. The number of amides is 2. The lowest BCUT2D eigenvalue weighted by Crippen LogP contribution is -2.58. The smallest absolute Gasteiger partial charge is 0.255 e. The maximum Gasteiger partial charge on any atom is 0.255 e. The summed E-state index contributed by atoms with van der Waals surface area (Å²) in [6.07, 6.45) is 9.15. The summed E-state index contributed by atoms with van der Waals surface area (Å²) in [5.74, 6) is 2.71. The third-order valence-corrected chi connectivity index (χ3v) is 8.83. The number of hydrogen-bond donors (Lipinski definition) is 0. The van der Waals surface area contributed by atoms with E-state index < -0.39 is 0 Å². The highest BCUT2D eigenvalue weighted by molar-refractivity contribution is 5.98. The third kappa shape index (κ3) is 3.38. The number of carbonyl (C=O) groups excluding carboxylic acids is 2. The molecule has 7 heteroatoms. The van der Waals surface area contributed by atoms with E-state index in [9.17, 15) is 9.59 Å². The fourth-order valence-electron chi connectivity index (χ4n) is 7.65. The molecule has 0 radical (unpaired) electrons. The molecule has 0 unspecified atom stereocenters. The molecule has 5 fully saturated rings. The van der Waals surface area contributed by atoms with Gasteiger partial charge in [0.15, 0.2) is 5.65 Å². The van der Waals surface area contributed by atoms with Gasteiger partial charge in [0.25, 0.3) is 5.91 Å². The van der Waals surface area contributed by atoms with E-state index in [0.717, 1.165) is 53.7 Å². The Morgan fingerprint density at radius 2 is 1.55 bits per heavy atom. The molecule has 4 bridgehead atoms. The van der Waals surface area contributed by atoms with Crippen LogP contribution in [0.1, 0.15) is 74.5 Å². The van der Waals surface area contributed by atoms with Crippen LogP contribution in [0.3, 0.4) is 0 Å². The number of fused-ring (bicyclic) bond motifs is 1. The lowest BCUT2D eigenvalue weighted by atomic mass is 9.49. The molecule has 5 aliphatic rings. The van der Waals surface area contributed by atoms with Crippen LogP contribution >= 0.6 is 0 Å². The maximum absolute atomic E-state index is 13.7. The standard InChI is InChI=1S/C26H35N5O2/c1-16(2)31-23-21(15-27-31)11-22(17(3)28-23)24(32)29-4-6-30(7-5-29)25(33)26-12-18-8-19(13-26)10-20(9-18)14-26/h11,15-16,18-20H,4-10,12-14H2,1-3H3. The topological polar surface area (TPSA) is 71.3 Å². The number of carbonyl (C=O) groups is 2. The minimum absolute atomic E-state index is 0.0149. The fraction of sp³-hybridized carbons (Fsp3) is 0.692. The largest absolute Gasteiger partial charge is 0.339 e. The van der Waals surface area contributed by atoms with Crippen molar-refractivity contribution >= 4 is 22.8 Å². The molecule has 33 heavy (non-hydrogen) atoms. The van der Waals surface area contributed by atoms with Crippen LogP contribution in [0.15, 0.2) is 12.3 Å². The van der Waals surface area contributed by atoms with Gasteiger partial charge in [0, 0.05) is 37.6 Å². The van der Waals surface area contributed by atoms with Crippen molar-refractivity contribution < 1.29 is 9.59 Å². The average molecular weight is 450 g/mol. The zero-order chi connectivity index (χ0) is 22.9. The Kier molecular flexibility index (Phi) is 4.82. The molecular formula is C26H35N5O2. The normalized spacial score (nSPS) is 31.1. The Bertz CT molecular complexity index is 1080. The molecule has 7 rings (SSSR count). The lowest BCUT2D eigenvalue weighted by molar-refractivity contribution is -0.159. The predicted octanol–water partition coefficient (Wildman–Crippen LogP) is 3.82. The van der Waals surface area contributed by atoms with E-state index >= 15 is 0 Å². The molecule has 1 saturated heterocycles. The number of rotatable bonds is 3. The molecule has 0 atom stereocenters. The van der Waals surface area contributed by atoms with Crippen LogP contribution in [0.2, 0.25) is 0 Å². The molecule has 4 saturated carbocycles. The molecule has 0 aromatic carbocycles. The van der Waals surface area contributed by atoms with Crippen LogP contribution < -0.4 is 0 Å². The molecule has 0 N–H and O–H groups in total. The maximum atomic E-state index is 13.7. The first-order valence-corrected chi connectivity index (χ1v) is 12.8. The monoisotopic (exact) mass is 449 g/mol. The number of aryl methyl sites for hydroxylation is 1. The van der Waals surface area contributed by atoms with Gasteiger partial charge in [-0.2, -0.15) is 5.10 Å². The summed E-state index contributed by atoms with van der Waals surface area (Å²) >= 11 is 0. The van der Waals surface area contributed by atoms with Crippen LogP contribution in [-0.2, 0) is 4.79 Å². The van der Waals surface area contributed by atoms with E-state index in [0.29, 0.717) is 37.6 Å². The van der Waals surface area contributed by atoms with Gasteiger partial charge in [-0.15, -0.1) is 0 Å². The van der Waals surface area contributed by atoms with E-state index in [1.165, 1.54) is 19.3 Å². The second-order valence-corrected chi connectivity index (χ2v) is 11.5. The Labute approximate surface area is 195 Å². The predicted molar refractivity (Wildman–Crippen MR) is 126 cm³/mol. The van der Waals surface area contributed by atoms with Crippen molar-refractivity contribution in [3.8, 4) is 0 Å². The van der Waals surface area contributed by atoms with Gasteiger partial charge in [0.1, 0.15) is 0 Å². The first-order chi connectivity index (χ1) is 15.8. The average Bonchev–Trinajstić information content (AvgIpc) is 3.20. The number of pyridine rings is 1. The highest BCUT2D eigenvalue weighted by atomic mass is 16.2. The minimum atomic E-state index is -0.0942. The zero-order valence-corrected chi connectivity index (χ0v) is 20.1. The highest BCUT2D eigenvalue weighted by Crippen LogP contribution is 2.60. The van der Waals surface area contributed by atoms with Crippen LogP contribution in [0.25, 0.3) is 11.0 Å². The van der Waals surface area contributed by atoms with Crippen LogP contribution in [0.4, 0.5) is 0 Å². The van der Waals surface area contributed by atoms with Crippen LogP contribution in [0.5, 0.6) is 0 Å². The highest BCUT2D eigenvalue weighted by Gasteiger charge is 2.55. The number of piperazine rings is 1. The second-order valence-electron chi connectivity index (χ2n) is 11.5. The van der Waals surface area contributed by atoms with E-state index in [4.69, 9.17) is 4.98 Å². The minimum Gasteiger partial charge on any atom is -0.339 e. The summed E-state index contributed by atoms with van der Waals surface area (Å²) in [7, 11) is 0. The van der Waals surface area contributed by atoms with Crippen molar-refractivity contribution in [2.45, 2.75) is 65.3 Å². The van der Waals surface area contributed by atoms with E-state index in [-0.39, 0.29) is 17.4 Å². The molecule has 4 aliphatic carbocycles. The van der Waals surface area contributed by atoms with E-state index in [1.807, 2.05) is 22.6 Å². The summed E-state index contributed by atoms with van der Waals surface area (Å²) in [4.78, 5) is 35.7. The summed E-state index contributed by atoms with van der Waals surface area (Å²) < 4.78 is 1.89. The van der Waals surface area contributed by atoms with Gasteiger partial charge in [-0.05, 0) is 83.1 Å². The van der Waals surface area contributed by atoms with Crippen LogP contribution in [0, 0.1) is 30.1 Å². The lowest BCUT2D eigenvalue weighted by Gasteiger charge is -2.57. The molecule has 2 aromatic heterocycles. The third-order valence-electron chi connectivity index (χ3n) is 8.83. The van der Waals surface area contributed by atoms with Gasteiger partial charge in [-0.1, -0.05) is 0 Å². The molecule has 2 aromatic rings. The van der Waals surface area contributed by atoms with E-state index in [1.54, 1.807) is 6.20 Å². The fourth-order valence-corrected chi connectivity index (χ4v) is 7.65. The summed E-state index contributed by atoms with van der Waals surface area (Å²) in [6.45, 7) is 8.54. The Hall–Kier alpha value is -2.44. The van der Waals surface area contributed by atoms with Gasteiger partial charge in [-0.3, -0.25) is 9.59 Å². The van der Waals surface area contributed by atoms with Crippen molar-refractivity contribution in [2.75, 3.05) is 26.2 Å². The molecule has 176 valence electrons. The van der Waals surface area contributed by atoms with Gasteiger partial charge in [0.2, 0.25) is 5.91 Å². The van der Waals surface area contributed by atoms with Gasteiger partial charge >= 0.3 is 0 Å². The van der Waals surface area contributed by atoms with Gasteiger partial charge in [0.05, 0.1) is 22.9 Å². The molecule has 0 spiro atoms. The Balaban J connectivity index is 1.15. The quantitative estimate of drug-likeness (QED) is 0.714. The Morgan fingerprint density at radius 1 is 0.970 bits per heavy atom. The number of nitrogens with zero attached hydrogens (tertiary/aromatic N) is 5. The molecule has 1 aliphatic heterocycles. The Morgan fingerprint density at radius 3 is 2.12 bits per heavy atom.